The first-order chi connectivity index (χ1) is 13.4. The van der Waals surface area contributed by atoms with Gasteiger partial charge in [-0.2, -0.15) is 0 Å². The smallest absolute Gasteiger partial charge is 0.303 e. The highest BCUT2D eigenvalue weighted by Gasteiger charge is 2.54. The minimum atomic E-state index is -1.84. The molecular formula is C17H24O12. The second kappa shape index (κ2) is 10.7. The number of carbonyl (C=O) groups is 5. The first kappa shape index (κ1) is 24.3. The number of carbonyl (C=O) groups excluding carboxylic acids is 5. The Morgan fingerprint density at radius 2 is 1.24 bits per heavy atom. The summed E-state index contributed by atoms with van der Waals surface area (Å²) in [7, 11) is 0. The molecule has 0 spiro atoms. The number of aliphatic hydroxyl groups is 1. The summed E-state index contributed by atoms with van der Waals surface area (Å²) >= 11 is 0. The van der Waals surface area contributed by atoms with Crippen LogP contribution in [0.15, 0.2) is 0 Å². The van der Waals surface area contributed by atoms with E-state index >= 15 is 0 Å². The van der Waals surface area contributed by atoms with Crippen molar-refractivity contribution in [3.05, 3.63) is 0 Å². The van der Waals surface area contributed by atoms with Crippen molar-refractivity contribution in [2.45, 2.75) is 71.4 Å². The zero-order valence-corrected chi connectivity index (χ0v) is 16.6. The molecule has 0 radical (unpaired) electrons. The van der Waals surface area contributed by atoms with E-state index in [1.807, 2.05) is 0 Å². The lowest BCUT2D eigenvalue weighted by molar-refractivity contribution is -0.306. The predicted molar refractivity (Wildman–Crippen MR) is 89.7 cm³/mol. The van der Waals surface area contributed by atoms with Gasteiger partial charge in [0, 0.05) is 34.6 Å². The van der Waals surface area contributed by atoms with E-state index < -0.39 is 73.3 Å². The monoisotopic (exact) mass is 420 g/mol. The third-order valence-electron chi connectivity index (χ3n) is 3.59. The zero-order valence-electron chi connectivity index (χ0n) is 16.6. The van der Waals surface area contributed by atoms with Crippen molar-refractivity contribution in [1.29, 1.82) is 0 Å². The second-order valence-corrected chi connectivity index (χ2v) is 6.16. The van der Waals surface area contributed by atoms with Crippen molar-refractivity contribution in [1.82, 2.24) is 0 Å². The molecule has 1 aliphatic heterocycles. The first-order valence-corrected chi connectivity index (χ1v) is 8.58. The molecule has 0 bridgehead atoms. The Kier molecular flexibility index (Phi) is 8.98. The maximum absolute atomic E-state index is 11.6. The molecule has 12 heteroatoms. The van der Waals surface area contributed by atoms with Crippen LogP contribution in [0.3, 0.4) is 0 Å². The topological polar surface area (TPSA) is 161 Å². The molecule has 1 N–H and O–H groups in total. The second-order valence-electron chi connectivity index (χ2n) is 6.16. The van der Waals surface area contributed by atoms with Gasteiger partial charge in [-0.1, -0.05) is 0 Å². The van der Waals surface area contributed by atoms with E-state index in [1.165, 1.54) is 0 Å². The van der Waals surface area contributed by atoms with Gasteiger partial charge in [-0.25, -0.2) is 0 Å². The van der Waals surface area contributed by atoms with Gasteiger partial charge in [-0.15, -0.1) is 0 Å². The fraction of sp³-hybridized carbons (Fsp3) is 0.706. The van der Waals surface area contributed by atoms with E-state index in [1.54, 1.807) is 0 Å². The van der Waals surface area contributed by atoms with Crippen molar-refractivity contribution < 1.29 is 57.5 Å². The SMILES string of the molecule is CC(=O)OC[C@@H](OC(C)=O)C1O[C@@H](O)C(OC(C)=O)C(OC(C)=O)[C@@H]1OC(C)=O. The van der Waals surface area contributed by atoms with Crippen molar-refractivity contribution >= 4 is 29.8 Å². The van der Waals surface area contributed by atoms with Crippen LogP contribution >= 0.6 is 0 Å². The van der Waals surface area contributed by atoms with Gasteiger partial charge in [0.05, 0.1) is 0 Å². The highest BCUT2D eigenvalue weighted by atomic mass is 16.7. The molecule has 0 saturated carbocycles. The summed E-state index contributed by atoms with van der Waals surface area (Å²) in [5.74, 6) is -3.97. The molecule has 0 aliphatic carbocycles. The fourth-order valence-electron chi connectivity index (χ4n) is 2.73. The molecule has 3 unspecified atom stereocenters. The van der Waals surface area contributed by atoms with Crippen molar-refractivity contribution in [2.24, 2.45) is 0 Å². The van der Waals surface area contributed by atoms with Gasteiger partial charge in [0.2, 0.25) is 0 Å². The zero-order chi connectivity index (χ0) is 22.3. The Labute approximate surface area is 166 Å². The molecule has 1 heterocycles. The van der Waals surface area contributed by atoms with Crippen LogP contribution in [0, 0.1) is 0 Å². The standard InChI is InChI=1S/C17H24O12/c1-7(18)24-6-12(25-8(2)19)13-14(26-9(3)20)15(27-10(4)21)16(17(23)29-13)28-11(5)22/h12-17,23H,6H2,1-5H3/t12-,13?,14-,15?,16?,17-/m1/s1. The molecule has 1 saturated heterocycles. The Hall–Kier alpha value is -2.73. The molecular weight excluding hydrogens is 396 g/mol. The summed E-state index contributed by atoms with van der Waals surface area (Å²) in [5.41, 5.74) is 0. The molecule has 1 aliphatic rings. The maximum atomic E-state index is 11.6. The summed E-state index contributed by atoms with van der Waals surface area (Å²) in [4.78, 5) is 57.2. The highest BCUT2D eigenvalue weighted by Crippen LogP contribution is 2.30. The lowest BCUT2D eigenvalue weighted by Gasteiger charge is -2.44. The van der Waals surface area contributed by atoms with E-state index in [2.05, 4.69) is 0 Å². The summed E-state index contributed by atoms with van der Waals surface area (Å²) in [5, 5.41) is 10.3. The normalized spacial score (nSPS) is 27.2. The Balaban J connectivity index is 3.34. The van der Waals surface area contributed by atoms with Crippen LogP contribution < -0.4 is 0 Å². The van der Waals surface area contributed by atoms with Gasteiger partial charge in [0.15, 0.2) is 30.7 Å². The first-order valence-electron chi connectivity index (χ1n) is 8.58. The van der Waals surface area contributed by atoms with Gasteiger partial charge >= 0.3 is 29.8 Å². The minimum absolute atomic E-state index is 0.505. The van der Waals surface area contributed by atoms with Gasteiger partial charge < -0.3 is 33.5 Å². The van der Waals surface area contributed by atoms with Crippen LogP contribution in [0.25, 0.3) is 0 Å². The minimum Gasteiger partial charge on any atom is -0.462 e. The third-order valence-corrected chi connectivity index (χ3v) is 3.59. The average molecular weight is 420 g/mol. The number of hydrogen-bond acceptors (Lipinski definition) is 12. The van der Waals surface area contributed by atoms with E-state index in [4.69, 9.17) is 28.4 Å². The summed E-state index contributed by atoms with van der Waals surface area (Å²) in [6.07, 6.45) is -9.10. The van der Waals surface area contributed by atoms with Gasteiger partial charge in [0.1, 0.15) is 12.7 Å². The van der Waals surface area contributed by atoms with Crippen LogP contribution in [0.2, 0.25) is 0 Å². The van der Waals surface area contributed by atoms with E-state index in [0.29, 0.717) is 0 Å². The lowest BCUT2D eigenvalue weighted by atomic mass is 9.94. The quantitative estimate of drug-likeness (QED) is 0.395. The van der Waals surface area contributed by atoms with Crippen LogP contribution in [0.1, 0.15) is 34.6 Å². The highest BCUT2D eigenvalue weighted by molar-refractivity contribution is 5.69. The lowest BCUT2D eigenvalue weighted by Crippen LogP contribution is -2.64. The van der Waals surface area contributed by atoms with E-state index in [0.717, 1.165) is 34.6 Å². The summed E-state index contributed by atoms with van der Waals surface area (Å²) < 4.78 is 30.5. The summed E-state index contributed by atoms with van der Waals surface area (Å²) in [6, 6.07) is 0. The molecule has 1 fully saturated rings. The molecule has 164 valence electrons. The third kappa shape index (κ3) is 7.66. The Bertz CT molecular complexity index is 644. The molecule has 12 nitrogen and oxygen atoms in total. The van der Waals surface area contributed by atoms with Crippen molar-refractivity contribution in [3.8, 4) is 0 Å². The Morgan fingerprint density at radius 1 is 0.759 bits per heavy atom. The molecule has 0 aromatic carbocycles. The molecule has 29 heavy (non-hydrogen) atoms. The van der Waals surface area contributed by atoms with Gasteiger partial charge in [-0.05, 0) is 0 Å². The van der Waals surface area contributed by atoms with Crippen molar-refractivity contribution in [3.63, 3.8) is 0 Å². The fourth-order valence-corrected chi connectivity index (χ4v) is 2.73. The van der Waals surface area contributed by atoms with Crippen LogP contribution in [-0.2, 0) is 52.4 Å². The Morgan fingerprint density at radius 3 is 1.69 bits per heavy atom. The molecule has 0 aromatic heterocycles. The van der Waals surface area contributed by atoms with Crippen LogP contribution in [0.4, 0.5) is 0 Å². The largest absolute Gasteiger partial charge is 0.462 e. The van der Waals surface area contributed by atoms with Crippen LogP contribution in [0.5, 0.6) is 0 Å². The molecule has 0 aromatic rings. The maximum Gasteiger partial charge on any atom is 0.303 e. The van der Waals surface area contributed by atoms with E-state index in [9.17, 15) is 29.1 Å². The predicted octanol–water partition coefficient (Wildman–Crippen LogP) is -1.01. The molecule has 6 atom stereocenters. The van der Waals surface area contributed by atoms with Gasteiger partial charge in [-0.3, -0.25) is 24.0 Å². The summed E-state index contributed by atoms with van der Waals surface area (Å²) in [6.45, 7) is 4.84. The van der Waals surface area contributed by atoms with E-state index in [-0.39, 0.29) is 0 Å². The number of rotatable bonds is 7. The number of hydrogen-bond donors (Lipinski definition) is 1. The van der Waals surface area contributed by atoms with Crippen molar-refractivity contribution in [2.75, 3.05) is 6.61 Å². The average Bonchev–Trinajstić information content (AvgIpc) is 2.55. The number of aliphatic hydroxyl groups excluding tert-OH is 1. The number of ether oxygens (including phenoxy) is 6. The number of esters is 5. The molecule has 1 rings (SSSR count). The van der Waals surface area contributed by atoms with Gasteiger partial charge in [0.25, 0.3) is 0 Å². The van der Waals surface area contributed by atoms with Crippen LogP contribution in [-0.4, -0.2) is 78.4 Å². The molecule has 0 amide bonds.